The Morgan fingerprint density at radius 2 is 2.27 bits per heavy atom. The number of carboxylic acid groups (broad SMARTS) is 1. The van der Waals surface area contributed by atoms with Gasteiger partial charge >= 0.3 is 5.97 Å². The lowest BCUT2D eigenvalue weighted by Gasteiger charge is -2.29. The van der Waals surface area contributed by atoms with E-state index in [4.69, 9.17) is 10.8 Å². The third kappa shape index (κ3) is 4.46. The summed E-state index contributed by atoms with van der Waals surface area (Å²) in [5, 5.41) is 18.6. The number of hydrogen-bond acceptors (Lipinski definition) is 4. The number of aliphatic carboxylic acids is 1. The van der Waals surface area contributed by atoms with Crippen LogP contribution >= 0.6 is 34.4 Å². The van der Waals surface area contributed by atoms with Crippen LogP contribution in [0.4, 0.5) is 0 Å². The molecule has 6 heteroatoms. The lowest BCUT2D eigenvalue weighted by Crippen LogP contribution is -2.35. The molecule has 1 aliphatic carbocycles. The Bertz CT molecular complexity index is 229. The predicted octanol–water partition coefficient (Wildman–Crippen LogP) is 0.848. The van der Waals surface area contributed by atoms with Crippen LogP contribution in [0.5, 0.6) is 0 Å². The molecular formula is C9H16INO3S. The Hall–Kier alpha value is 0.470. The SMILES string of the molecule is NC(CSC1CCC(O)C(I)C1)C(=O)O. The fraction of sp³-hybridized carbons (Fsp3) is 0.889. The van der Waals surface area contributed by atoms with E-state index in [-0.39, 0.29) is 10.0 Å². The highest BCUT2D eigenvalue weighted by molar-refractivity contribution is 14.1. The first-order valence-corrected chi connectivity index (χ1v) is 7.22. The second kappa shape index (κ2) is 6.27. The van der Waals surface area contributed by atoms with Crippen LogP contribution in [0.3, 0.4) is 0 Å². The molecule has 0 bridgehead atoms. The summed E-state index contributed by atoms with van der Waals surface area (Å²) in [6, 6.07) is -0.769. The predicted molar refractivity (Wildman–Crippen MR) is 69.5 cm³/mol. The van der Waals surface area contributed by atoms with Crippen molar-refractivity contribution in [3.8, 4) is 0 Å². The molecule has 0 radical (unpaired) electrons. The van der Waals surface area contributed by atoms with Crippen LogP contribution in [0.15, 0.2) is 0 Å². The van der Waals surface area contributed by atoms with E-state index in [1.807, 2.05) is 0 Å². The van der Waals surface area contributed by atoms with Crippen LogP contribution in [0, 0.1) is 0 Å². The van der Waals surface area contributed by atoms with Crippen molar-refractivity contribution in [2.24, 2.45) is 5.73 Å². The lowest BCUT2D eigenvalue weighted by atomic mass is 9.97. The van der Waals surface area contributed by atoms with Crippen LogP contribution in [0.2, 0.25) is 0 Å². The average Bonchev–Trinajstić information content (AvgIpc) is 2.19. The van der Waals surface area contributed by atoms with E-state index in [1.165, 1.54) is 0 Å². The van der Waals surface area contributed by atoms with Crippen molar-refractivity contribution in [2.75, 3.05) is 5.75 Å². The zero-order chi connectivity index (χ0) is 11.4. The number of aliphatic hydroxyl groups is 1. The maximum atomic E-state index is 10.5. The van der Waals surface area contributed by atoms with Gasteiger partial charge in [0.15, 0.2) is 0 Å². The van der Waals surface area contributed by atoms with Gasteiger partial charge in [-0.2, -0.15) is 11.8 Å². The Morgan fingerprint density at radius 1 is 1.60 bits per heavy atom. The first-order chi connectivity index (χ1) is 7.00. The van der Waals surface area contributed by atoms with Gasteiger partial charge in [0.2, 0.25) is 0 Å². The van der Waals surface area contributed by atoms with Crippen molar-refractivity contribution in [2.45, 2.75) is 40.6 Å². The number of nitrogens with two attached hydrogens (primary N) is 1. The van der Waals surface area contributed by atoms with Crippen molar-refractivity contribution in [3.63, 3.8) is 0 Å². The van der Waals surface area contributed by atoms with Crippen molar-refractivity contribution in [3.05, 3.63) is 0 Å². The molecule has 4 nitrogen and oxygen atoms in total. The fourth-order valence-corrected chi connectivity index (χ4v) is 4.11. The maximum Gasteiger partial charge on any atom is 0.321 e. The van der Waals surface area contributed by atoms with Crippen LogP contribution < -0.4 is 5.73 Å². The summed E-state index contributed by atoms with van der Waals surface area (Å²) >= 11 is 3.88. The summed E-state index contributed by atoms with van der Waals surface area (Å²) in [6.45, 7) is 0. The van der Waals surface area contributed by atoms with E-state index < -0.39 is 12.0 Å². The molecule has 1 rings (SSSR count). The van der Waals surface area contributed by atoms with E-state index in [0.29, 0.717) is 11.0 Å². The molecule has 0 amide bonds. The van der Waals surface area contributed by atoms with Gasteiger partial charge in [-0.05, 0) is 19.3 Å². The standard InChI is InChI=1S/C9H16INO3S/c10-6-3-5(1-2-8(6)12)15-4-7(11)9(13)14/h5-8,12H,1-4,11H2,(H,13,14). The van der Waals surface area contributed by atoms with Crippen LogP contribution in [0.25, 0.3) is 0 Å². The Morgan fingerprint density at radius 3 is 2.80 bits per heavy atom. The third-order valence-electron chi connectivity index (χ3n) is 2.52. The first kappa shape index (κ1) is 13.5. The summed E-state index contributed by atoms with van der Waals surface area (Å²) in [6.07, 6.45) is 2.51. The number of halogens is 1. The molecule has 1 fully saturated rings. The monoisotopic (exact) mass is 345 g/mol. The Labute approximate surface area is 107 Å². The van der Waals surface area contributed by atoms with Gasteiger partial charge in [0.05, 0.1) is 6.10 Å². The Kier molecular flexibility index (Phi) is 5.65. The minimum Gasteiger partial charge on any atom is -0.480 e. The number of rotatable bonds is 4. The summed E-state index contributed by atoms with van der Waals surface area (Å²) in [7, 11) is 0. The second-order valence-electron chi connectivity index (χ2n) is 3.80. The van der Waals surface area contributed by atoms with Crippen molar-refractivity contribution >= 4 is 40.3 Å². The molecule has 0 aromatic carbocycles. The maximum absolute atomic E-state index is 10.5. The molecule has 4 atom stereocenters. The van der Waals surface area contributed by atoms with Gasteiger partial charge in [-0.3, -0.25) is 4.79 Å². The van der Waals surface area contributed by atoms with Crippen molar-refractivity contribution in [1.82, 2.24) is 0 Å². The second-order valence-corrected chi connectivity index (χ2v) is 6.73. The molecule has 88 valence electrons. The topological polar surface area (TPSA) is 83.5 Å². The van der Waals surface area contributed by atoms with E-state index in [1.54, 1.807) is 11.8 Å². The highest BCUT2D eigenvalue weighted by atomic mass is 127. The number of aliphatic hydroxyl groups excluding tert-OH is 1. The number of carboxylic acids is 1. The molecule has 4 unspecified atom stereocenters. The van der Waals surface area contributed by atoms with Gasteiger partial charge < -0.3 is 15.9 Å². The molecule has 0 aromatic heterocycles. The van der Waals surface area contributed by atoms with Crippen molar-refractivity contribution in [1.29, 1.82) is 0 Å². The van der Waals surface area contributed by atoms with Crippen LogP contribution in [-0.2, 0) is 4.79 Å². The molecular weight excluding hydrogens is 329 g/mol. The van der Waals surface area contributed by atoms with Gasteiger partial charge in [0.1, 0.15) is 6.04 Å². The molecule has 4 N–H and O–H groups in total. The first-order valence-electron chi connectivity index (χ1n) is 4.93. The number of carbonyl (C=O) groups is 1. The third-order valence-corrected chi connectivity index (χ3v) is 5.31. The molecule has 0 aliphatic heterocycles. The summed E-state index contributed by atoms with van der Waals surface area (Å²) in [5.74, 6) is -0.483. The van der Waals surface area contributed by atoms with E-state index in [0.717, 1.165) is 19.3 Å². The zero-order valence-electron chi connectivity index (χ0n) is 8.30. The molecule has 0 spiro atoms. The lowest BCUT2D eigenvalue weighted by molar-refractivity contribution is -0.137. The number of alkyl halides is 1. The summed E-state index contributed by atoms with van der Waals surface area (Å²) < 4.78 is 0.287. The zero-order valence-corrected chi connectivity index (χ0v) is 11.3. The normalized spacial score (nSPS) is 33.7. The number of hydrogen-bond donors (Lipinski definition) is 3. The molecule has 0 heterocycles. The number of thioether (sulfide) groups is 1. The molecule has 1 saturated carbocycles. The van der Waals surface area contributed by atoms with Gasteiger partial charge in [-0.1, -0.05) is 22.6 Å². The van der Waals surface area contributed by atoms with E-state index in [9.17, 15) is 9.90 Å². The smallest absolute Gasteiger partial charge is 0.321 e. The summed E-state index contributed by atoms with van der Waals surface area (Å²) in [4.78, 5) is 10.5. The highest BCUT2D eigenvalue weighted by Crippen LogP contribution is 2.32. The quantitative estimate of drug-likeness (QED) is 0.520. The van der Waals surface area contributed by atoms with Gasteiger partial charge in [-0.15, -0.1) is 0 Å². The minimum absolute atomic E-state index is 0.199. The van der Waals surface area contributed by atoms with Crippen molar-refractivity contribution < 1.29 is 15.0 Å². The van der Waals surface area contributed by atoms with Gasteiger partial charge in [0.25, 0.3) is 0 Å². The average molecular weight is 345 g/mol. The van der Waals surface area contributed by atoms with E-state index in [2.05, 4.69) is 22.6 Å². The summed E-state index contributed by atoms with van der Waals surface area (Å²) in [5.41, 5.74) is 5.42. The molecule has 15 heavy (non-hydrogen) atoms. The highest BCUT2D eigenvalue weighted by Gasteiger charge is 2.28. The van der Waals surface area contributed by atoms with Gasteiger partial charge in [0, 0.05) is 14.9 Å². The molecule has 0 aromatic rings. The van der Waals surface area contributed by atoms with Gasteiger partial charge in [-0.25, -0.2) is 0 Å². The van der Waals surface area contributed by atoms with Crippen LogP contribution in [-0.4, -0.2) is 43.3 Å². The molecule has 0 saturated heterocycles. The van der Waals surface area contributed by atoms with E-state index >= 15 is 0 Å². The Balaban J connectivity index is 2.25. The molecule has 1 aliphatic rings. The minimum atomic E-state index is -0.940. The van der Waals surface area contributed by atoms with Crippen LogP contribution in [0.1, 0.15) is 19.3 Å². The fourth-order valence-electron chi connectivity index (χ4n) is 1.53. The largest absolute Gasteiger partial charge is 0.480 e.